The van der Waals surface area contributed by atoms with E-state index in [0.29, 0.717) is 0 Å². The summed E-state index contributed by atoms with van der Waals surface area (Å²) in [6.45, 7) is 9.13. The highest BCUT2D eigenvalue weighted by Crippen LogP contribution is 2.41. The molecule has 0 saturated heterocycles. The highest BCUT2D eigenvalue weighted by Gasteiger charge is 2.23. The van der Waals surface area contributed by atoms with Crippen molar-refractivity contribution < 1.29 is 0 Å². The van der Waals surface area contributed by atoms with Gasteiger partial charge in [-0.25, -0.2) is 4.98 Å². The van der Waals surface area contributed by atoms with E-state index in [1.165, 1.54) is 27.7 Å². The first-order chi connectivity index (χ1) is 14.2. The lowest BCUT2D eigenvalue weighted by Gasteiger charge is -2.10. The molecule has 0 spiro atoms. The summed E-state index contributed by atoms with van der Waals surface area (Å²) in [7, 11) is 0. The van der Waals surface area contributed by atoms with E-state index in [2.05, 4.69) is 102 Å². The second-order valence-electron chi connectivity index (χ2n) is 7.29. The molecule has 0 unspecified atom stereocenters. The molecule has 0 N–H and O–H groups in total. The predicted octanol–water partition coefficient (Wildman–Crippen LogP) is 6.59. The van der Waals surface area contributed by atoms with Crippen LogP contribution in [-0.4, -0.2) is 14.0 Å². The van der Waals surface area contributed by atoms with E-state index in [4.69, 9.17) is 4.98 Å². The highest BCUT2D eigenvalue weighted by molar-refractivity contribution is 6.04. The van der Waals surface area contributed by atoms with Crippen molar-refractivity contribution in [2.75, 3.05) is 0 Å². The molecule has 0 saturated carbocycles. The molecule has 3 aromatic heterocycles. The first kappa shape index (κ1) is 17.5. The monoisotopic (exact) mass is 377 g/mol. The molecule has 0 bridgehead atoms. The van der Waals surface area contributed by atoms with E-state index in [0.717, 1.165) is 29.1 Å². The van der Waals surface area contributed by atoms with Gasteiger partial charge < -0.3 is 8.97 Å². The lowest BCUT2D eigenvalue weighted by molar-refractivity contribution is 0.803. The fourth-order valence-electron chi connectivity index (χ4n) is 4.31. The van der Waals surface area contributed by atoms with Crippen molar-refractivity contribution >= 4 is 22.6 Å². The largest absolute Gasteiger partial charge is 0.339 e. The molecule has 3 heterocycles. The molecule has 3 heteroatoms. The van der Waals surface area contributed by atoms with Crippen LogP contribution in [0.4, 0.5) is 0 Å². The Hall–Kier alpha value is -3.59. The minimum Gasteiger partial charge on any atom is -0.339 e. The standard InChI is InChI=1S/C26H23N3/c1-4-19-15-16-29-18(3)25(27-23(29)17-19)26-24(20-11-7-6-8-12-20)21-13-9-10-14-22(21)28(26)5-2/h4,6-17H,1,5H2,2-3H3. The van der Waals surface area contributed by atoms with E-state index in [9.17, 15) is 0 Å². The van der Waals surface area contributed by atoms with Gasteiger partial charge >= 0.3 is 0 Å². The third-order valence-electron chi connectivity index (χ3n) is 5.70. The van der Waals surface area contributed by atoms with Crippen molar-refractivity contribution in [2.45, 2.75) is 20.4 Å². The summed E-state index contributed by atoms with van der Waals surface area (Å²) >= 11 is 0. The Morgan fingerprint density at radius 1 is 1.00 bits per heavy atom. The van der Waals surface area contributed by atoms with Gasteiger partial charge in [-0.15, -0.1) is 0 Å². The van der Waals surface area contributed by atoms with Crippen molar-refractivity contribution in [3.05, 3.63) is 90.8 Å². The number of benzene rings is 2. The fraction of sp³-hybridized carbons (Fsp3) is 0.115. The van der Waals surface area contributed by atoms with E-state index >= 15 is 0 Å². The van der Waals surface area contributed by atoms with Gasteiger partial charge in [0.2, 0.25) is 0 Å². The minimum atomic E-state index is 0.883. The maximum Gasteiger partial charge on any atom is 0.138 e. The molecule has 142 valence electrons. The van der Waals surface area contributed by atoms with E-state index in [1.54, 1.807) is 0 Å². The van der Waals surface area contributed by atoms with E-state index < -0.39 is 0 Å². The van der Waals surface area contributed by atoms with Crippen molar-refractivity contribution in [1.82, 2.24) is 14.0 Å². The average molecular weight is 377 g/mol. The molecule has 0 atom stereocenters. The van der Waals surface area contributed by atoms with Gasteiger partial charge in [0, 0.05) is 34.9 Å². The van der Waals surface area contributed by atoms with Gasteiger partial charge in [0.05, 0.1) is 5.69 Å². The van der Waals surface area contributed by atoms with Gasteiger partial charge in [-0.05, 0) is 43.2 Å². The van der Waals surface area contributed by atoms with Crippen LogP contribution in [0.15, 0.2) is 79.5 Å². The number of hydrogen-bond acceptors (Lipinski definition) is 1. The Morgan fingerprint density at radius 3 is 2.52 bits per heavy atom. The highest BCUT2D eigenvalue weighted by atomic mass is 15.1. The number of pyridine rings is 1. The normalized spacial score (nSPS) is 11.4. The Morgan fingerprint density at radius 2 is 1.76 bits per heavy atom. The predicted molar refractivity (Wildman–Crippen MR) is 122 cm³/mol. The summed E-state index contributed by atoms with van der Waals surface area (Å²) in [6.07, 6.45) is 3.95. The topological polar surface area (TPSA) is 22.2 Å². The molecule has 29 heavy (non-hydrogen) atoms. The van der Waals surface area contributed by atoms with Gasteiger partial charge in [0.1, 0.15) is 11.3 Å². The second-order valence-corrected chi connectivity index (χ2v) is 7.29. The van der Waals surface area contributed by atoms with Crippen LogP contribution >= 0.6 is 0 Å². The van der Waals surface area contributed by atoms with E-state index in [1.807, 2.05) is 6.08 Å². The number of fused-ring (bicyclic) bond motifs is 2. The van der Waals surface area contributed by atoms with Crippen LogP contribution in [-0.2, 0) is 6.54 Å². The van der Waals surface area contributed by atoms with Crippen LogP contribution in [0.2, 0.25) is 0 Å². The summed E-state index contributed by atoms with van der Waals surface area (Å²) < 4.78 is 4.55. The van der Waals surface area contributed by atoms with Crippen LogP contribution in [0, 0.1) is 6.92 Å². The van der Waals surface area contributed by atoms with Gasteiger partial charge in [0.15, 0.2) is 0 Å². The summed E-state index contributed by atoms with van der Waals surface area (Å²) in [4.78, 5) is 5.08. The van der Waals surface area contributed by atoms with Gasteiger partial charge in [0.25, 0.3) is 0 Å². The quantitative estimate of drug-likeness (QED) is 0.346. The number of aromatic nitrogens is 3. The van der Waals surface area contributed by atoms with Crippen molar-refractivity contribution in [2.24, 2.45) is 0 Å². The number of para-hydroxylation sites is 1. The number of rotatable bonds is 4. The molecule has 5 rings (SSSR count). The molecule has 0 aliphatic heterocycles. The van der Waals surface area contributed by atoms with Crippen LogP contribution in [0.5, 0.6) is 0 Å². The number of imidazole rings is 1. The maximum atomic E-state index is 5.08. The van der Waals surface area contributed by atoms with Gasteiger partial charge in [-0.1, -0.05) is 61.2 Å². The van der Waals surface area contributed by atoms with Crippen molar-refractivity contribution in [3.63, 3.8) is 0 Å². The molecule has 5 aromatic rings. The number of hydrogen-bond donors (Lipinski definition) is 0. The zero-order valence-corrected chi connectivity index (χ0v) is 16.8. The molecular weight excluding hydrogens is 354 g/mol. The van der Waals surface area contributed by atoms with Crippen LogP contribution in [0.3, 0.4) is 0 Å². The Balaban J connectivity index is 1.91. The number of nitrogens with zero attached hydrogens (tertiary/aromatic N) is 3. The third-order valence-corrected chi connectivity index (χ3v) is 5.70. The molecule has 0 aliphatic rings. The Labute approximate surface area is 170 Å². The Bertz CT molecular complexity index is 1350. The van der Waals surface area contributed by atoms with Gasteiger partial charge in [-0.3, -0.25) is 0 Å². The maximum absolute atomic E-state index is 5.08. The summed E-state index contributed by atoms with van der Waals surface area (Å²) in [6, 6.07) is 23.5. The van der Waals surface area contributed by atoms with Gasteiger partial charge in [-0.2, -0.15) is 0 Å². The first-order valence-corrected chi connectivity index (χ1v) is 10.0. The molecule has 0 amide bonds. The zero-order chi connectivity index (χ0) is 20.0. The SMILES string of the molecule is C=Cc1ccn2c(C)c(-c3c(-c4ccccc4)c4ccccc4n3CC)nc2c1. The molecule has 3 nitrogen and oxygen atoms in total. The summed E-state index contributed by atoms with van der Waals surface area (Å²) in [5.41, 5.74) is 9.09. The zero-order valence-electron chi connectivity index (χ0n) is 16.8. The first-order valence-electron chi connectivity index (χ1n) is 10.0. The second kappa shape index (κ2) is 6.78. The smallest absolute Gasteiger partial charge is 0.138 e. The van der Waals surface area contributed by atoms with Crippen molar-refractivity contribution in [1.29, 1.82) is 0 Å². The Kier molecular flexibility index (Phi) is 4.09. The van der Waals surface area contributed by atoms with Crippen molar-refractivity contribution in [3.8, 4) is 22.5 Å². The lowest BCUT2D eigenvalue weighted by Crippen LogP contribution is -1.99. The van der Waals surface area contributed by atoms with E-state index in [-0.39, 0.29) is 0 Å². The average Bonchev–Trinajstić information content (AvgIpc) is 3.28. The number of aryl methyl sites for hydroxylation is 2. The fourth-order valence-corrected chi connectivity index (χ4v) is 4.31. The molecule has 2 aromatic carbocycles. The molecular formula is C26H23N3. The third kappa shape index (κ3) is 2.62. The summed E-state index contributed by atoms with van der Waals surface area (Å²) in [5, 5.41) is 1.26. The van der Waals surface area contributed by atoms with Crippen LogP contribution < -0.4 is 0 Å². The molecule has 0 aliphatic carbocycles. The van der Waals surface area contributed by atoms with Crippen LogP contribution in [0.25, 0.3) is 45.1 Å². The molecule has 0 fully saturated rings. The minimum absolute atomic E-state index is 0.883. The molecule has 0 radical (unpaired) electrons. The summed E-state index contributed by atoms with van der Waals surface area (Å²) in [5.74, 6) is 0. The van der Waals surface area contributed by atoms with Crippen LogP contribution in [0.1, 0.15) is 18.2 Å². The lowest BCUT2D eigenvalue weighted by atomic mass is 10.00.